The van der Waals surface area contributed by atoms with Crippen LogP contribution in [0.4, 0.5) is 0 Å². The largest absolute Gasteiger partial charge is 0.460 e. The van der Waals surface area contributed by atoms with Crippen molar-refractivity contribution < 1.29 is 19.4 Å². The first kappa shape index (κ1) is 14.9. The van der Waals surface area contributed by atoms with Gasteiger partial charge in [0.15, 0.2) is 0 Å². The number of aliphatic hydroxyl groups is 1. The molecule has 4 heteroatoms. The van der Waals surface area contributed by atoms with Crippen LogP contribution in [0.3, 0.4) is 0 Å². The highest BCUT2D eigenvalue weighted by atomic mass is 16.6. The third-order valence-corrected chi connectivity index (χ3v) is 0.745. The van der Waals surface area contributed by atoms with Crippen LogP contribution < -0.4 is 0 Å². The fourth-order valence-corrected chi connectivity index (χ4v) is 0.522. The number of ether oxygens (including phenoxy) is 2. The molecule has 0 aromatic rings. The van der Waals surface area contributed by atoms with E-state index in [1.807, 2.05) is 20.8 Å². The maximum absolute atomic E-state index is 10.2. The summed E-state index contributed by atoms with van der Waals surface area (Å²) < 4.78 is 9.24. The summed E-state index contributed by atoms with van der Waals surface area (Å²) in [6.45, 7) is 7.50. The second kappa shape index (κ2) is 8.01. The first-order valence-electron chi connectivity index (χ1n) is 4.13. The van der Waals surface area contributed by atoms with Gasteiger partial charge in [0.2, 0.25) is 0 Å². The van der Waals surface area contributed by atoms with Crippen molar-refractivity contribution in [2.24, 2.45) is 0 Å². The van der Waals surface area contributed by atoms with Gasteiger partial charge in [-0.1, -0.05) is 0 Å². The van der Waals surface area contributed by atoms with Crippen molar-refractivity contribution in [2.45, 2.75) is 33.3 Å². The lowest BCUT2D eigenvalue weighted by atomic mass is 10.2. The number of esters is 1. The first-order chi connectivity index (χ1) is 5.83. The number of carbonyl (C=O) groups excluding carboxylic acids is 1. The van der Waals surface area contributed by atoms with Crippen LogP contribution in [0.15, 0.2) is 0 Å². The molecule has 80 valence electrons. The molecule has 0 aromatic carbocycles. The molecule has 0 rings (SSSR count). The van der Waals surface area contributed by atoms with E-state index >= 15 is 0 Å². The summed E-state index contributed by atoms with van der Waals surface area (Å²) in [5.41, 5.74) is -0.328. The van der Waals surface area contributed by atoms with Crippen LogP contribution in [0.2, 0.25) is 0 Å². The summed E-state index contributed by atoms with van der Waals surface area (Å²) in [6.07, 6.45) is 0. The molecule has 0 atom stereocenters. The van der Waals surface area contributed by atoms with Crippen LogP contribution in [-0.2, 0) is 14.3 Å². The van der Waals surface area contributed by atoms with Gasteiger partial charge in [-0.3, -0.25) is 4.79 Å². The predicted octanol–water partition coefficient (Wildman–Crippen LogP) is 0.973. The number of methoxy groups -OCH3 is 1. The molecule has 0 aliphatic carbocycles. The van der Waals surface area contributed by atoms with E-state index in [0.29, 0.717) is 6.61 Å². The van der Waals surface area contributed by atoms with Crippen molar-refractivity contribution in [3.8, 4) is 0 Å². The lowest BCUT2D eigenvalue weighted by Crippen LogP contribution is -2.21. The topological polar surface area (TPSA) is 55.8 Å². The van der Waals surface area contributed by atoms with Gasteiger partial charge in [-0.05, 0) is 20.8 Å². The minimum Gasteiger partial charge on any atom is -0.460 e. The lowest BCUT2D eigenvalue weighted by Gasteiger charge is -2.17. The Morgan fingerprint density at radius 2 is 1.85 bits per heavy atom. The first-order valence-corrected chi connectivity index (χ1v) is 4.13. The van der Waals surface area contributed by atoms with Crippen LogP contribution in [0.25, 0.3) is 0 Å². The van der Waals surface area contributed by atoms with E-state index < -0.39 is 0 Å². The normalized spacial score (nSPS) is 10.0. The predicted molar refractivity (Wildman–Crippen MR) is 50.5 cm³/mol. The van der Waals surface area contributed by atoms with Gasteiger partial charge in [-0.15, -0.1) is 0 Å². The minimum absolute atomic E-state index is 0.122. The summed E-state index contributed by atoms with van der Waals surface area (Å²) in [4.78, 5) is 10.2. The average Bonchev–Trinajstić information content (AvgIpc) is 1.84. The molecule has 0 radical (unpaired) electrons. The number of aliphatic hydroxyl groups excluding tert-OH is 1. The van der Waals surface area contributed by atoms with Crippen molar-refractivity contribution >= 4 is 5.97 Å². The van der Waals surface area contributed by atoms with Crippen molar-refractivity contribution in [1.82, 2.24) is 0 Å². The Morgan fingerprint density at radius 1 is 1.38 bits per heavy atom. The molecule has 0 aromatic heterocycles. The molecule has 0 saturated heterocycles. The van der Waals surface area contributed by atoms with Gasteiger partial charge in [0.05, 0.1) is 13.2 Å². The van der Waals surface area contributed by atoms with Crippen molar-refractivity contribution in [3.63, 3.8) is 0 Å². The number of carbonyl (C=O) groups is 1. The number of rotatable bonds is 2. The highest BCUT2D eigenvalue weighted by Crippen LogP contribution is 2.05. The fraction of sp³-hybridized carbons (Fsp3) is 0.889. The molecular weight excluding hydrogens is 172 g/mol. The Hall–Kier alpha value is -0.610. The smallest absolute Gasteiger partial charge is 0.303 e. The molecule has 1 N–H and O–H groups in total. The van der Waals surface area contributed by atoms with E-state index in [1.165, 1.54) is 6.92 Å². The highest BCUT2D eigenvalue weighted by Gasteiger charge is 2.11. The van der Waals surface area contributed by atoms with Gasteiger partial charge in [0.25, 0.3) is 0 Å². The Kier molecular flexibility index (Phi) is 9.17. The van der Waals surface area contributed by atoms with Crippen LogP contribution in [0.1, 0.15) is 27.7 Å². The second-order valence-corrected chi connectivity index (χ2v) is 3.42. The van der Waals surface area contributed by atoms with Gasteiger partial charge < -0.3 is 14.6 Å². The van der Waals surface area contributed by atoms with Gasteiger partial charge in [-0.2, -0.15) is 0 Å². The number of hydrogen-bond donors (Lipinski definition) is 1. The quantitative estimate of drug-likeness (QED) is 0.662. The summed E-state index contributed by atoms with van der Waals surface area (Å²) in [7, 11) is 1.55. The molecule has 0 saturated carbocycles. The Labute approximate surface area is 79.8 Å². The molecule has 0 aliphatic heterocycles. The summed E-state index contributed by atoms with van der Waals surface area (Å²) in [5, 5.41) is 7.94. The van der Waals surface area contributed by atoms with Gasteiger partial charge in [-0.25, -0.2) is 0 Å². The molecule has 0 spiro atoms. The van der Waals surface area contributed by atoms with E-state index in [4.69, 9.17) is 9.84 Å². The standard InChI is InChI=1S/C6H12O2.C3H8O2/c1-5(7)8-6(2,3)4;1-5-3-2-4/h1-4H3;4H,2-3H2,1H3. The maximum Gasteiger partial charge on any atom is 0.303 e. The fourth-order valence-electron chi connectivity index (χ4n) is 0.522. The summed E-state index contributed by atoms with van der Waals surface area (Å²) >= 11 is 0. The molecule has 4 nitrogen and oxygen atoms in total. The van der Waals surface area contributed by atoms with E-state index in [0.717, 1.165) is 0 Å². The lowest BCUT2D eigenvalue weighted by molar-refractivity contribution is -0.151. The van der Waals surface area contributed by atoms with Crippen molar-refractivity contribution in [1.29, 1.82) is 0 Å². The van der Waals surface area contributed by atoms with Crippen molar-refractivity contribution in [3.05, 3.63) is 0 Å². The monoisotopic (exact) mass is 192 g/mol. The van der Waals surface area contributed by atoms with E-state index in [9.17, 15) is 4.79 Å². The zero-order valence-electron chi connectivity index (χ0n) is 9.09. The minimum atomic E-state index is -0.328. The third-order valence-electron chi connectivity index (χ3n) is 0.745. The van der Waals surface area contributed by atoms with Gasteiger partial charge >= 0.3 is 5.97 Å². The molecule has 13 heavy (non-hydrogen) atoms. The maximum atomic E-state index is 10.2. The van der Waals surface area contributed by atoms with Crippen LogP contribution in [0.5, 0.6) is 0 Å². The van der Waals surface area contributed by atoms with Crippen LogP contribution in [-0.4, -0.2) is 37.0 Å². The zero-order valence-corrected chi connectivity index (χ0v) is 9.09. The van der Waals surface area contributed by atoms with E-state index in [1.54, 1.807) is 7.11 Å². The van der Waals surface area contributed by atoms with Gasteiger partial charge in [0.1, 0.15) is 5.60 Å². The Balaban J connectivity index is 0. The SMILES string of the molecule is CC(=O)OC(C)(C)C.COCCO. The summed E-state index contributed by atoms with van der Waals surface area (Å²) in [5.74, 6) is -0.225. The molecular formula is C9H20O4. The Bertz CT molecular complexity index is 124. The average molecular weight is 192 g/mol. The molecule has 0 aliphatic rings. The van der Waals surface area contributed by atoms with Crippen molar-refractivity contribution in [2.75, 3.05) is 20.3 Å². The van der Waals surface area contributed by atoms with Crippen LogP contribution >= 0.6 is 0 Å². The highest BCUT2D eigenvalue weighted by molar-refractivity contribution is 5.66. The van der Waals surface area contributed by atoms with E-state index in [-0.39, 0.29) is 18.2 Å². The third kappa shape index (κ3) is 24.6. The second-order valence-electron chi connectivity index (χ2n) is 3.42. The van der Waals surface area contributed by atoms with E-state index in [2.05, 4.69) is 4.74 Å². The summed E-state index contributed by atoms with van der Waals surface area (Å²) in [6, 6.07) is 0. The number of hydrogen-bond acceptors (Lipinski definition) is 4. The molecule has 0 unspecified atom stereocenters. The molecule has 0 heterocycles. The molecule has 0 bridgehead atoms. The van der Waals surface area contributed by atoms with Crippen LogP contribution in [0, 0.1) is 0 Å². The Morgan fingerprint density at radius 3 is 1.85 bits per heavy atom. The molecule has 0 fully saturated rings. The molecule has 0 amide bonds. The van der Waals surface area contributed by atoms with Gasteiger partial charge in [0, 0.05) is 14.0 Å². The zero-order chi connectivity index (χ0) is 10.9.